The molecule has 0 unspecified atom stereocenters. The lowest BCUT2D eigenvalue weighted by Gasteiger charge is -2.22. The normalized spacial score (nSPS) is 14.0. The van der Waals surface area contributed by atoms with Gasteiger partial charge in [0.25, 0.3) is 0 Å². The lowest BCUT2D eigenvalue weighted by atomic mass is 10.2. The quantitative estimate of drug-likeness (QED) is 0.867. The van der Waals surface area contributed by atoms with Crippen molar-refractivity contribution in [3.8, 4) is 0 Å². The molecule has 1 saturated heterocycles. The number of benzene rings is 1. The van der Waals surface area contributed by atoms with Crippen molar-refractivity contribution in [2.75, 3.05) is 30.4 Å². The van der Waals surface area contributed by atoms with Crippen molar-refractivity contribution < 1.29 is 19.5 Å². The van der Waals surface area contributed by atoms with E-state index >= 15 is 0 Å². The van der Waals surface area contributed by atoms with E-state index in [0.29, 0.717) is 24.3 Å². The maximum absolute atomic E-state index is 12.1. The molecule has 2 rings (SSSR count). The van der Waals surface area contributed by atoms with Crippen LogP contribution in [-0.2, 0) is 9.59 Å². The molecule has 0 radical (unpaired) electrons. The van der Waals surface area contributed by atoms with E-state index in [2.05, 4.69) is 5.32 Å². The Morgan fingerprint density at radius 3 is 2.73 bits per heavy atom. The van der Waals surface area contributed by atoms with Crippen molar-refractivity contribution in [2.45, 2.75) is 19.3 Å². The summed E-state index contributed by atoms with van der Waals surface area (Å²) in [5.74, 6) is -0.913. The Balaban J connectivity index is 2.08. The van der Waals surface area contributed by atoms with Crippen LogP contribution in [0.1, 0.15) is 19.3 Å². The van der Waals surface area contributed by atoms with E-state index in [4.69, 9.17) is 5.11 Å². The minimum Gasteiger partial charge on any atom is -0.481 e. The lowest BCUT2D eigenvalue weighted by Crippen LogP contribution is -2.34. The van der Waals surface area contributed by atoms with Gasteiger partial charge in [-0.25, -0.2) is 4.79 Å². The third-order valence-corrected chi connectivity index (χ3v) is 3.52. The molecule has 1 aromatic carbocycles. The molecule has 1 aromatic rings. The number of hydrogen-bond acceptors (Lipinski definition) is 3. The fourth-order valence-electron chi connectivity index (χ4n) is 2.29. The monoisotopic (exact) mass is 305 g/mol. The van der Waals surface area contributed by atoms with Crippen LogP contribution in [0.15, 0.2) is 24.3 Å². The topological polar surface area (TPSA) is 89.9 Å². The lowest BCUT2D eigenvalue weighted by molar-refractivity contribution is -0.137. The number of carbonyl (C=O) groups excluding carboxylic acids is 2. The van der Waals surface area contributed by atoms with Gasteiger partial charge in [0, 0.05) is 26.6 Å². The molecular weight excluding hydrogens is 286 g/mol. The van der Waals surface area contributed by atoms with Gasteiger partial charge in [-0.15, -0.1) is 0 Å². The van der Waals surface area contributed by atoms with Gasteiger partial charge < -0.3 is 20.2 Å². The molecule has 2 N–H and O–H groups in total. The number of para-hydroxylation sites is 2. The van der Waals surface area contributed by atoms with Crippen LogP contribution >= 0.6 is 0 Å². The Morgan fingerprint density at radius 2 is 2.09 bits per heavy atom. The maximum Gasteiger partial charge on any atom is 0.321 e. The number of hydrogen-bond donors (Lipinski definition) is 2. The van der Waals surface area contributed by atoms with Crippen LogP contribution in [0, 0.1) is 0 Å². The van der Waals surface area contributed by atoms with Gasteiger partial charge in [-0.3, -0.25) is 9.59 Å². The molecule has 0 aliphatic carbocycles. The van der Waals surface area contributed by atoms with Crippen LogP contribution in [0.25, 0.3) is 0 Å². The summed E-state index contributed by atoms with van der Waals surface area (Å²) in [5.41, 5.74) is 1.22. The molecule has 7 nitrogen and oxygen atoms in total. The number of anilines is 2. The number of aliphatic carboxylic acids is 1. The number of rotatable bonds is 5. The smallest absolute Gasteiger partial charge is 0.321 e. The molecular formula is C15H19N3O4. The molecule has 3 amide bonds. The molecule has 1 fully saturated rings. The number of carbonyl (C=O) groups is 3. The number of urea groups is 1. The first-order valence-corrected chi connectivity index (χ1v) is 7.12. The molecule has 0 saturated carbocycles. The summed E-state index contributed by atoms with van der Waals surface area (Å²) in [6.45, 7) is 0.756. The highest BCUT2D eigenvalue weighted by atomic mass is 16.4. The predicted molar refractivity (Wildman–Crippen MR) is 81.9 cm³/mol. The molecule has 1 heterocycles. The van der Waals surface area contributed by atoms with Crippen LogP contribution in [0.4, 0.5) is 16.2 Å². The van der Waals surface area contributed by atoms with Gasteiger partial charge in [0.2, 0.25) is 5.91 Å². The summed E-state index contributed by atoms with van der Waals surface area (Å²) < 4.78 is 0. The molecule has 0 aromatic heterocycles. The van der Waals surface area contributed by atoms with E-state index in [1.54, 1.807) is 23.1 Å². The molecule has 118 valence electrons. The third kappa shape index (κ3) is 3.75. The van der Waals surface area contributed by atoms with E-state index in [-0.39, 0.29) is 18.9 Å². The van der Waals surface area contributed by atoms with Crippen molar-refractivity contribution in [1.82, 2.24) is 4.90 Å². The second kappa shape index (κ2) is 6.93. The van der Waals surface area contributed by atoms with Crippen molar-refractivity contribution in [3.05, 3.63) is 24.3 Å². The fraction of sp³-hybridized carbons (Fsp3) is 0.400. The van der Waals surface area contributed by atoms with Gasteiger partial charge in [-0.1, -0.05) is 12.1 Å². The van der Waals surface area contributed by atoms with Gasteiger partial charge >= 0.3 is 12.0 Å². The zero-order chi connectivity index (χ0) is 16.1. The van der Waals surface area contributed by atoms with E-state index in [0.717, 1.165) is 6.42 Å². The Morgan fingerprint density at radius 1 is 1.36 bits per heavy atom. The van der Waals surface area contributed by atoms with Gasteiger partial charge in [0.05, 0.1) is 17.8 Å². The molecule has 22 heavy (non-hydrogen) atoms. The average molecular weight is 305 g/mol. The number of amides is 3. The summed E-state index contributed by atoms with van der Waals surface area (Å²) >= 11 is 0. The largest absolute Gasteiger partial charge is 0.481 e. The Labute approximate surface area is 128 Å². The molecule has 1 aliphatic heterocycles. The van der Waals surface area contributed by atoms with E-state index in [1.165, 1.54) is 11.9 Å². The van der Waals surface area contributed by atoms with Crippen molar-refractivity contribution >= 4 is 29.3 Å². The summed E-state index contributed by atoms with van der Waals surface area (Å²) in [4.78, 5) is 37.5. The molecule has 0 atom stereocenters. The van der Waals surface area contributed by atoms with Gasteiger partial charge in [-0.05, 0) is 18.6 Å². The maximum atomic E-state index is 12.1. The first-order chi connectivity index (χ1) is 10.5. The van der Waals surface area contributed by atoms with Crippen molar-refractivity contribution in [3.63, 3.8) is 0 Å². The van der Waals surface area contributed by atoms with Crippen LogP contribution in [0.3, 0.4) is 0 Å². The highest BCUT2D eigenvalue weighted by Gasteiger charge is 2.24. The summed E-state index contributed by atoms with van der Waals surface area (Å²) in [7, 11) is 1.53. The Bertz CT molecular complexity index is 588. The number of carboxylic acids is 1. The summed E-state index contributed by atoms with van der Waals surface area (Å²) in [6.07, 6.45) is 1.20. The fourth-order valence-corrected chi connectivity index (χ4v) is 2.29. The summed E-state index contributed by atoms with van der Waals surface area (Å²) in [6, 6.07) is 6.70. The van der Waals surface area contributed by atoms with Crippen LogP contribution in [0.2, 0.25) is 0 Å². The first-order valence-electron chi connectivity index (χ1n) is 7.12. The van der Waals surface area contributed by atoms with Crippen LogP contribution in [-0.4, -0.2) is 48.1 Å². The van der Waals surface area contributed by atoms with Crippen LogP contribution < -0.4 is 10.2 Å². The molecule has 0 spiro atoms. The highest BCUT2D eigenvalue weighted by Crippen LogP contribution is 2.29. The summed E-state index contributed by atoms with van der Waals surface area (Å²) in [5, 5.41) is 11.4. The van der Waals surface area contributed by atoms with Crippen molar-refractivity contribution in [2.24, 2.45) is 0 Å². The number of nitrogens with zero attached hydrogens (tertiary/aromatic N) is 2. The first kappa shape index (κ1) is 15.8. The molecule has 0 bridgehead atoms. The molecule has 1 aliphatic rings. The van der Waals surface area contributed by atoms with E-state index in [1.807, 2.05) is 6.07 Å². The van der Waals surface area contributed by atoms with Gasteiger partial charge in [-0.2, -0.15) is 0 Å². The standard InChI is InChI=1S/C15H19N3O4/c1-17(10-8-14(20)21)15(22)16-11-5-2-3-6-12(11)18-9-4-7-13(18)19/h2-3,5-6H,4,7-10H2,1H3,(H,16,22)(H,20,21). The third-order valence-electron chi connectivity index (χ3n) is 3.52. The number of carboxylic acid groups (broad SMARTS) is 1. The number of nitrogens with one attached hydrogen (secondary N) is 1. The van der Waals surface area contributed by atoms with E-state index in [9.17, 15) is 14.4 Å². The average Bonchev–Trinajstić information content (AvgIpc) is 2.91. The zero-order valence-electron chi connectivity index (χ0n) is 12.4. The Kier molecular flexibility index (Phi) is 4.98. The SMILES string of the molecule is CN(CCC(=O)O)C(=O)Nc1ccccc1N1CCCC1=O. The second-order valence-corrected chi connectivity index (χ2v) is 5.16. The zero-order valence-corrected chi connectivity index (χ0v) is 12.4. The highest BCUT2D eigenvalue weighted by molar-refractivity contribution is 6.01. The minimum atomic E-state index is -0.956. The van der Waals surface area contributed by atoms with Crippen LogP contribution in [0.5, 0.6) is 0 Å². The minimum absolute atomic E-state index is 0.0425. The van der Waals surface area contributed by atoms with E-state index < -0.39 is 12.0 Å². The van der Waals surface area contributed by atoms with Gasteiger partial charge in [0.1, 0.15) is 0 Å². The van der Waals surface area contributed by atoms with Crippen molar-refractivity contribution in [1.29, 1.82) is 0 Å². The predicted octanol–water partition coefficient (Wildman–Crippen LogP) is 1.75. The van der Waals surface area contributed by atoms with Gasteiger partial charge in [0.15, 0.2) is 0 Å². The molecule has 7 heteroatoms. The second-order valence-electron chi connectivity index (χ2n) is 5.16. The Hall–Kier alpha value is -2.57.